The molecule has 0 fully saturated rings. The number of para-hydroxylation sites is 2. The zero-order valence-corrected chi connectivity index (χ0v) is 14.7. The molecule has 8 heteroatoms. The number of aromatic nitrogens is 1. The zero-order valence-electron chi connectivity index (χ0n) is 13.2. The van der Waals surface area contributed by atoms with Crippen molar-refractivity contribution >= 4 is 39.8 Å². The highest BCUT2D eigenvalue weighted by atomic mass is 35.5. The van der Waals surface area contributed by atoms with Crippen molar-refractivity contribution < 1.29 is 14.6 Å². The molecular formula is C17H14Cl2N2O4. The monoisotopic (exact) mass is 380 g/mol. The first-order valence-corrected chi connectivity index (χ1v) is 8.11. The van der Waals surface area contributed by atoms with Crippen molar-refractivity contribution in [2.45, 2.75) is 6.54 Å². The zero-order chi connectivity index (χ0) is 18.0. The van der Waals surface area contributed by atoms with Gasteiger partial charge in [-0.25, -0.2) is 0 Å². The molecule has 25 heavy (non-hydrogen) atoms. The van der Waals surface area contributed by atoms with E-state index >= 15 is 0 Å². The van der Waals surface area contributed by atoms with E-state index in [1.807, 2.05) is 12.1 Å². The molecule has 0 saturated carbocycles. The molecular weight excluding hydrogens is 367 g/mol. The van der Waals surface area contributed by atoms with E-state index in [-0.39, 0.29) is 24.7 Å². The smallest absolute Gasteiger partial charge is 0.222 e. The van der Waals surface area contributed by atoms with Crippen molar-refractivity contribution in [1.29, 1.82) is 0 Å². The summed E-state index contributed by atoms with van der Waals surface area (Å²) in [7, 11) is 1.55. The second-order valence-corrected chi connectivity index (χ2v) is 6.04. The Morgan fingerprint density at radius 3 is 2.60 bits per heavy atom. The lowest BCUT2D eigenvalue weighted by atomic mass is 10.2. The normalized spacial score (nSPS) is 10.8. The molecule has 3 rings (SSSR count). The van der Waals surface area contributed by atoms with Gasteiger partial charge in [-0.15, -0.1) is 4.91 Å². The fraction of sp³-hybridized carbons (Fsp3) is 0.176. The molecule has 1 aromatic heterocycles. The van der Waals surface area contributed by atoms with Crippen LogP contribution < -0.4 is 9.47 Å². The highest BCUT2D eigenvalue weighted by Gasteiger charge is 2.20. The minimum atomic E-state index is -0.280. The van der Waals surface area contributed by atoms with Gasteiger partial charge < -0.3 is 19.1 Å². The van der Waals surface area contributed by atoms with Gasteiger partial charge >= 0.3 is 0 Å². The molecule has 1 heterocycles. The van der Waals surface area contributed by atoms with E-state index in [1.54, 1.807) is 19.2 Å². The third kappa shape index (κ3) is 3.23. The Morgan fingerprint density at radius 1 is 1.20 bits per heavy atom. The van der Waals surface area contributed by atoms with Crippen LogP contribution in [0.3, 0.4) is 0 Å². The molecule has 6 nitrogen and oxygen atoms in total. The summed E-state index contributed by atoms with van der Waals surface area (Å²) in [6.45, 7) is 0.465. The first-order valence-electron chi connectivity index (χ1n) is 7.36. The Balaban J connectivity index is 1.91. The van der Waals surface area contributed by atoms with Gasteiger partial charge in [0, 0.05) is 10.4 Å². The highest BCUT2D eigenvalue weighted by molar-refractivity contribution is 6.39. The summed E-state index contributed by atoms with van der Waals surface area (Å²) >= 11 is 12.2. The lowest BCUT2D eigenvalue weighted by Gasteiger charge is -2.12. The Morgan fingerprint density at radius 2 is 1.92 bits per heavy atom. The van der Waals surface area contributed by atoms with Crippen molar-refractivity contribution in [2.24, 2.45) is 5.18 Å². The molecule has 0 aliphatic heterocycles. The Bertz CT molecular complexity index is 940. The third-order valence-corrected chi connectivity index (χ3v) is 4.26. The number of fused-ring (bicyclic) bond motifs is 1. The summed E-state index contributed by atoms with van der Waals surface area (Å²) < 4.78 is 12.4. The summed E-state index contributed by atoms with van der Waals surface area (Å²) in [5.74, 6) is 0.894. The molecule has 0 spiro atoms. The molecule has 0 amide bonds. The van der Waals surface area contributed by atoms with Gasteiger partial charge in [-0.05, 0) is 29.4 Å². The van der Waals surface area contributed by atoms with Crippen LogP contribution in [0.1, 0.15) is 0 Å². The van der Waals surface area contributed by atoms with Crippen LogP contribution in [0.4, 0.5) is 5.69 Å². The maximum Gasteiger partial charge on any atom is 0.222 e. The van der Waals surface area contributed by atoms with Crippen LogP contribution in [-0.2, 0) is 6.54 Å². The lowest BCUT2D eigenvalue weighted by molar-refractivity contribution is 0.274. The number of nitrogens with zero attached hydrogens (tertiary/aromatic N) is 2. The van der Waals surface area contributed by atoms with Crippen LogP contribution in [0, 0.1) is 4.91 Å². The van der Waals surface area contributed by atoms with Gasteiger partial charge in [0.15, 0.2) is 17.2 Å². The number of methoxy groups -OCH3 is 1. The lowest BCUT2D eigenvalue weighted by Crippen LogP contribution is -2.08. The highest BCUT2D eigenvalue weighted by Crippen LogP contribution is 2.42. The first-order chi connectivity index (χ1) is 12.1. The average Bonchev–Trinajstić information content (AvgIpc) is 2.86. The molecule has 0 atom stereocenters. The minimum absolute atomic E-state index is 0.100. The van der Waals surface area contributed by atoms with E-state index in [1.165, 1.54) is 16.7 Å². The standard InChI is InChI=1S/C17H14Cl2N2O4/c1-24-13-4-2-3-5-14(13)25-7-6-21-16-11(15(20-23)17(21)22)8-10(18)9-12(16)19/h2-5,8-9,22H,6-7H2,1H3. The molecule has 2 aromatic carbocycles. The molecule has 0 bridgehead atoms. The van der Waals surface area contributed by atoms with Gasteiger partial charge in [0.1, 0.15) is 6.61 Å². The largest absolute Gasteiger partial charge is 0.493 e. The number of hydrogen-bond donors (Lipinski definition) is 1. The van der Waals surface area contributed by atoms with Crippen molar-refractivity contribution in [3.8, 4) is 17.4 Å². The number of hydrogen-bond acceptors (Lipinski definition) is 5. The van der Waals surface area contributed by atoms with Gasteiger partial charge in [-0.2, -0.15) is 0 Å². The Hall–Kier alpha value is -2.44. The van der Waals surface area contributed by atoms with E-state index in [2.05, 4.69) is 5.18 Å². The van der Waals surface area contributed by atoms with Crippen LogP contribution in [0.25, 0.3) is 10.9 Å². The van der Waals surface area contributed by atoms with E-state index in [4.69, 9.17) is 32.7 Å². The van der Waals surface area contributed by atoms with Crippen LogP contribution in [-0.4, -0.2) is 23.4 Å². The van der Waals surface area contributed by atoms with Crippen LogP contribution >= 0.6 is 23.2 Å². The Kier molecular flexibility index (Phi) is 5.01. The van der Waals surface area contributed by atoms with Gasteiger partial charge in [-0.1, -0.05) is 35.3 Å². The second kappa shape index (κ2) is 7.21. The fourth-order valence-corrected chi connectivity index (χ4v) is 3.26. The van der Waals surface area contributed by atoms with Crippen LogP contribution in [0.15, 0.2) is 41.6 Å². The van der Waals surface area contributed by atoms with E-state index in [0.717, 1.165) is 0 Å². The molecule has 1 N–H and O–H groups in total. The molecule has 0 saturated heterocycles. The number of benzene rings is 2. The van der Waals surface area contributed by atoms with Crippen molar-refractivity contribution in [3.63, 3.8) is 0 Å². The maximum absolute atomic E-state index is 11.1. The molecule has 0 aliphatic rings. The number of nitroso groups, excluding NO2 is 1. The molecule has 3 aromatic rings. The van der Waals surface area contributed by atoms with Gasteiger partial charge in [0.2, 0.25) is 5.88 Å². The SMILES string of the molecule is COc1ccccc1OCCn1c(O)c(N=O)c2cc(Cl)cc(Cl)c21. The average molecular weight is 381 g/mol. The number of aromatic hydroxyl groups is 1. The second-order valence-electron chi connectivity index (χ2n) is 5.20. The third-order valence-electron chi connectivity index (χ3n) is 3.75. The van der Waals surface area contributed by atoms with Crippen molar-refractivity contribution in [2.75, 3.05) is 13.7 Å². The number of ether oxygens (including phenoxy) is 2. The predicted octanol–water partition coefficient (Wildman–Crippen LogP) is 5.14. The summed E-state index contributed by atoms with van der Waals surface area (Å²) in [6, 6.07) is 10.3. The predicted molar refractivity (Wildman–Crippen MR) is 97.6 cm³/mol. The molecule has 0 radical (unpaired) electrons. The number of halogens is 2. The minimum Gasteiger partial charge on any atom is -0.493 e. The van der Waals surface area contributed by atoms with Gasteiger partial charge in [0.25, 0.3) is 0 Å². The molecule has 0 aliphatic carbocycles. The number of rotatable bonds is 6. The first kappa shape index (κ1) is 17.4. The summed E-state index contributed by atoms with van der Waals surface area (Å²) in [5.41, 5.74) is 0.374. The fourth-order valence-electron chi connectivity index (χ4n) is 2.67. The van der Waals surface area contributed by atoms with E-state index < -0.39 is 0 Å². The Labute approximate surface area is 153 Å². The van der Waals surface area contributed by atoms with Crippen molar-refractivity contribution in [1.82, 2.24) is 4.57 Å². The van der Waals surface area contributed by atoms with Crippen LogP contribution in [0.5, 0.6) is 17.4 Å². The van der Waals surface area contributed by atoms with E-state index in [9.17, 15) is 10.0 Å². The van der Waals surface area contributed by atoms with Gasteiger partial charge in [-0.3, -0.25) is 0 Å². The van der Waals surface area contributed by atoms with Crippen LogP contribution in [0.2, 0.25) is 10.0 Å². The van der Waals surface area contributed by atoms with Gasteiger partial charge in [0.05, 0.1) is 24.2 Å². The summed E-state index contributed by atoms with van der Waals surface area (Å²) in [4.78, 5) is 11.1. The quantitative estimate of drug-likeness (QED) is 0.600. The topological polar surface area (TPSA) is 73.1 Å². The van der Waals surface area contributed by atoms with Crippen molar-refractivity contribution in [3.05, 3.63) is 51.4 Å². The molecule has 130 valence electrons. The molecule has 0 unspecified atom stereocenters. The maximum atomic E-state index is 11.1. The summed E-state index contributed by atoms with van der Waals surface area (Å²) in [5, 5.41) is 14.3. The summed E-state index contributed by atoms with van der Waals surface area (Å²) in [6.07, 6.45) is 0. The van der Waals surface area contributed by atoms with E-state index in [0.29, 0.717) is 32.4 Å².